The van der Waals surface area contributed by atoms with Gasteiger partial charge in [0, 0.05) is 22.9 Å². The quantitative estimate of drug-likeness (QED) is 0.915. The SMILES string of the molecule is NC(CCc1ccncc1)Cc1ccc(F)cc1Br. The van der Waals surface area contributed by atoms with Gasteiger partial charge in [-0.15, -0.1) is 0 Å². The van der Waals surface area contributed by atoms with E-state index in [0.717, 1.165) is 29.3 Å². The minimum atomic E-state index is -0.235. The summed E-state index contributed by atoms with van der Waals surface area (Å²) in [5.74, 6) is -0.235. The lowest BCUT2D eigenvalue weighted by Crippen LogP contribution is -2.23. The molecule has 0 spiro atoms. The average molecular weight is 323 g/mol. The molecule has 2 aromatic rings. The topological polar surface area (TPSA) is 38.9 Å². The van der Waals surface area contributed by atoms with Crippen LogP contribution in [0.1, 0.15) is 17.5 Å². The van der Waals surface area contributed by atoms with Gasteiger partial charge in [-0.2, -0.15) is 0 Å². The summed E-state index contributed by atoms with van der Waals surface area (Å²) in [4.78, 5) is 3.99. The minimum Gasteiger partial charge on any atom is -0.327 e. The van der Waals surface area contributed by atoms with Gasteiger partial charge in [0.2, 0.25) is 0 Å². The maximum Gasteiger partial charge on any atom is 0.124 e. The highest BCUT2D eigenvalue weighted by Gasteiger charge is 2.08. The highest BCUT2D eigenvalue weighted by atomic mass is 79.9. The van der Waals surface area contributed by atoms with Gasteiger partial charge in [-0.3, -0.25) is 4.98 Å². The molecule has 0 fully saturated rings. The van der Waals surface area contributed by atoms with Gasteiger partial charge >= 0.3 is 0 Å². The number of benzene rings is 1. The van der Waals surface area contributed by atoms with E-state index in [-0.39, 0.29) is 11.9 Å². The van der Waals surface area contributed by atoms with Crippen molar-refractivity contribution in [2.45, 2.75) is 25.3 Å². The van der Waals surface area contributed by atoms with Crippen molar-refractivity contribution in [3.63, 3.8) is 0 Å². The summed E-state index contributed by atoms with van der Waals surface area (Å²) < 4.78 is 13.8. The van der Waals surface area contributed by atoms with Gasteiger partial charge in [-0.1, -0.05) is 22.0 Å². The standard InChI is InChI=1S/C15H16BrFN2/c16-15-10-13(17)3-2-12(15)9-14(18)4-1-11-5-7-19-8-6-11/h2-3,5-8,10,14H,1,4,9,18H2. The fourth-order valence-corrected chi connectivity index (χ4v) is 2.49. The van der Waals surface area contributed by atoms with E-state index in [1.54, 1.807) is 18.5 Å². The van der Waals surface area contributed by atoms with Gasteiger partial charge in [0.25, 0.3) is 0 Å². The Balaban J connectivity index is 1.89. The first-order valence-electron chi connectivity index (χ1n) is 6.23. The van der Waals surface area contributed by atoms with E-state index in [1.807, 2.05) is 12.1 Å². The summed E-state index contributed by atoms with van der Waals surface area (Å²) in [6, 6.07) is 8.79. The Morgan fingerprint density at radius 1 is 1.21 bits per heavy atom. The van der Waals surface area contributed by atoms with Crippen LogP contribution in [0, 0.1) is 5.82 Å². The summed E-state index contributed by atoms with van der Waals surface area (Å²) in [6.45, 7) is 0. The van der Waals surface area contributed by atoms with E-state index in [0.29, 0.717) is 0 Å². The van der Waals surface area contributed by atoms with Crippen LogP contribution in [0.3, 0.4) is 0 Å². The monoisotopic (exact) mass is 322 g/mol. The fraction of sp³-hybridized carbons (Fsp3) is 0.267. The molecule has 19 heavy (non-hydrogen) atoms. The molecule has 0 aliphatic heterocycles. The van der Waals surface area contributed by atoms with Gasteiger partial charge in [0.15, 0.2) is 0 Å². The Labute approximate surface area is 121 Å². The molecule has 4 heteroatoms. The van der Waals surface area contributed by atoms with Crippen LogP contribution in [0.5, 0.6) is 0 Å². The van der Waals surface area contributed by atoms with Crippen molar-refractivity contribution < 1.29 is 4.39 Å². The predicted molar refractivity (Wildman–Crippen MR) is 78.3 cm³/mol. The Hall–Kier alpha value is -1.26. The molecule has 0 saturated heterocycles. The minimum absolute atomic E-state index is 0.0647. The molecule has 1 aromatic carbocycles. The molecule has 1 heterocycles. The number of nitrogens with two attached hydrogens (primary N) is 1. The summed E-state index contributed by atoms with van der Waals surface area (Å²) in [5, 5.41) is 0. The van der Waals surface area contributed by atoms with Crippen molar-refractivity contribution in [2.75, 3.05) is 0 Å². The van der Waals surface area contributed by atoms with Crippen molar-refractivity contribution in [3.8, 4) is 0 Å². The smallest absolute Gasteiger partial charge is 0.124 e. The lowest BCUT2D eigenvalue weighted by Gasteiger charge is -2.13. The molecule has 0 saturated carbocycles. The van der Waals surface area contributed by atoms with Crippen LogP contribution in [0.15, 0.2) is 47.2 Å². The molecule has 0 aliphatic carbocycles. The highest BCUT2D eigenvalue weighted by Crippen LogP contribution is 2.20. The average Bonchev–Trinajstić information content (AvgIpc) is 2.41. The van der Waals surface area contributed by atoms with E-state index in [9.17, 15) is 4.39 Å². The van der Waals surface area contributed by atoms with Crippen LogP contribution < -0.4 is 5.73 Å². The zero-order valence-electron chi connectivity index (χ0n) is 10.5. The molecule has 2 N–H and O–H groups in total. The second kappa shape index (κ2) is 6.78. The zero-order chi connectivity index (χ0) is 13.7. The van der Waals surface area contributed by atoms with Gasteiger partial charge < -0.3 is 5.73 Å². The first-order valence-corrected chi connectivity index (χ1v) is 7.03. The van der Waals surface area contributed by atoms with E-state index in [1.165, 1.54) is 17.7 Å². The van der Waals surface area contributed by atoms with Crippen molar-refractivity contribution in [1.29, 1.82) is 0 Å². The molecule has 1 aromatic heterocycles. The highest BCUT2D eigenvalue weighted by molar-refractivity contribution is 9.10. The number of aromatic nitrogens is 1. The van der Waals surface area contributed by atoms with Crippen LogP contribution >= 0.6 is 15.9 Å². The Kier molecular flexibility index (Phi) is 5.05. The molecular formula is C15H16BrFN2. The van der Waals surface area contributed by atoms with E-state index in [2.05, 4.69) is 20.9 Å². The second-order valence-electron chi connectivity index (χ2n) is 4.59. The molecule has 2 nitrogen and oxygen atoms in total. The van der Waals surface area contributed by atoms with Crippen LogP contribution in [-0.2, 0) is 12.8 Å². The summed E-state index contributed by atoms with van der Waals surface area (Å²) in [7, 11) is 0. The molecule has 100 valence electrons. The number of aryl methyl sites for hydroxylation is 1. The van der Waals surface area contributed by atoms with Crippen LogP contribution in [0.25, 0.3) is 0 Å². The Bertz CT molecular complexity index is 531. The first-order chi connectivity index (χ1) is 9.15. The molecule has 2 rings (SSSR count). The number of rotatable bonds is 5. The zero-order valence-corrected chi connectivity index (χ0v) is 12.1. The van der Waals surface area contributed by atoms with Crippen LogP contribution in [0.2, 0.25) is 0 Å². The van der Waals surface area contributed by atoms with Crippen LogP contribution in [-0.4, -0.2) is 11.0 Å². The Morgan fingerprint density at radius 3 is 2.63 bits per heavy atom. The number of nitrogens with zero attached hydrogens (tertiary/aromatic N) is 1. The molecule has 0 bridgehead atoms. The van der Waals surface area contributed by atoms with Crippen molar-refractivity contribution >= 4 is 15.9 Å². The molecule has 0 radical (unpaired) electrons. The third-order valence-electron chi connectivity index (χ3n) is 3.05. The summed E-state index contributed by atoms with van der Waals surface area (Å²) >= 11 is 3.37. The van der Waals surface area contributed by atoms with Crippen molar-refractivity contribution in [2.24, 2.45) is 5.73 Å². The number of pyridine rings is 1. The summed E-state index contributed by atoms with van der Waals surface area (Å²) in [5.41, 5.74) is 8.41. The van der Waals surface area contributed by atoms with Gasteiger partial charge in [-0.25, -0.2) is 4.39 Å². The molecule has 1 atom stereocenters. The normalized spacial score (nSPS) is 12.4. The molecular weight excluding hydrogens is 307 g/mol. The second-order valence-corrected chi connectivity index (χ2v) is 5.45. The number of halogens is 2. The fourth-order valence-electron chi connectivity index (χ4n) is 1.97. The Morgan fingerprint density at radius 2 is 1.95 bits per heavy atom. The van der Waals surface area contributed by atoms with Crippen molar-refractivity contribution in [1.82, 2.24) is 4.98 Å². The van der Waals surface area contributed by atoms with Crippen LogP contribution in [0.4, 0.5) is 4.39 Å². The third-order valence-corrected chi connectivity index (χ3v) is 3.79. The number of hydrogen-bond donors (Lipinski definition) is 1. The number of hydrogen-bond acceptors (Lipinski definition) is 2. The lowest BCUT2D eigenvalue weighted by atomic mass is 10.0. The largest absolute Gasteiger partial charge is 0.327 e. The molecule has 1 unspecified atom stereocenters. The van der Waals surface area contributed by atoms with E-state index < -0.39 is 0 Å². The molecule has 0 amide bonds. The van der Waals surface area contributed by atoms with Gasteiger partial charge in [0.05, 0.1) is 0 Å². The summed E-state index contributed by atoms with van der Waals surface area (Å²) in [6.07, 6.45) is 6.15. The van der Waals surface area contributed by atoms with Gasteiger partial charge in [0.1, 0.15) is 5.82 Å². The van der Waals surface area contributed by atoms with Crippen molar-refractivity contribution in [3.05, 3.63) is 64.1 Å². The first kappa shape index (κ1) is 14.2. The molecule has 0 aliphatic rings. The van der Waals surface area contributed by atoms with E-state index >= 15 is 0 Å². The van der Waals surface area contributed by atoms with Gasteiger partial charge in [-0.05, 0) is 54.7 Å². The lowest BCUT2D eigenvalue weighted by molar-refractivity contribution is 0.603. The maximum absolute atomic E-state index is 13.0. The predicted octanol–water partition coefficient (Wildman–Crippen LogP) is 3.49. The van der Waals surface area contributed by atoms with E-state index in [4.69, 9.17) is 5.73 Å². The maximum atomic E-state index is 13.0. The third kappa shape index (κ3) is 4.40.